The predicted octanol–water partition coefficient (Wildman–Crippen LogP) is 3.87. The van der Waals surface area contributed by atoms with E-state index in [0.717, 1.165) is 63.4 Å². The molecular weight excluding hydrogens is 367 g/mol. The summed E-state index contributed by atoms with van der Waals surface area (Å²) in [5.74, 6) is 0.183. The molecule has 3 rings (SSSR count). The molecule has 1 saturated carbocycles. The first-order chi connectivity index (χ1) is 10.7. The number of rotatable bonds is 4. The van der Waals surface area contributed by atoms with Crippen molar-refractivity contribution in [2.45, 2.75) is 43.6 Å². The molecule has 3 nitrogen and oxygen atoms in total. The summed E-state index contributed by atoms with van der Waals surface area (Å²) in [7, 11) is 0. The number of hydrogen-bond donors (Lipinski definition) is 2. The molecule has 0 spiro atoms. The first-order valence-corrected chi connectivity index (χ1v) is 8.96. The van der Waals surface area contributed by atoms with E-state index < -0.39 is 5.60 Å². The summed E-state index contributed by atoms with van der Waals surface area (Å²) >= 11 is 6.05. The van der Waals surface area contributed by atoms with Gasteiger partial charge in [0.05, 0.1) is 5.60 Å². The molecule has 24 heavy (non-hydrogen) atoms. The lowest BCUT2D eigenvalue weighted by atomic mass is 9.72. The zero-order chi connectivity index (χ0) is 15.4. The minimum absolute atomic E-state index is 0. The Bertz CT molecular complexity index is 472. The molecule has 138 valence electrons. The van der Waals surface area contributed by atoms with Gasteiger partial charge in [-0.05, 0) is 30.5 Å². The van der Waals surface area contributed by atoms with Crippen molar-refractivity contribution >= 4 is 36.4 Å². The van der Waals surface area contributed by atoms with E-state index >= 15 is 0 Å². The Kier molecular flexibility index (Phi) is 9.35. The zero-order valence-electron chi connectivity index (χ0n) is 14.0. The summed E-state index contributed by atoms with van der Waals surface area (Å²) < 4.78 is 0. The van der Waals surface area contributed by atoms with Gasteiger partial charge in [-0.1, -0.05) is 43.0 Å². The van der Waals surface area contributed by atoms with Crippen LogP contribution in [-0.2, 0) is 0 Å². The Balaban J connectivity index is 0.00000144. The minimum atomic E-state index is -0.559. The van der Waals surface area contributed by atoms with Crippen LogP contribution in [0.5, 0.6) is 0 Å². The molecule has 1 unspecified atom stereocenters. The molecule has 2 fully saturated rings. The summed E-state index contributed by atoms with van der Waals surface area (Å²) in [6.07, 6.45) is 5.38. The average Bonchev–Trinajstić information content (AvgIpc) is 2.55. The Morgan fingerprint density at radius 2 is 1.62 bits per heavy atom. The molecule has 0 aromatic heterocycles. The van der Waals surface area contributed by atoms with E-state index in [-0.39, 0.29) is 30.7 Å². The van der Waals surface area contributed by atoms with Crippen molar-refractivity contribution in [3.05, 3.63) is 34.9 Å². The first-order valence-electron chi connectivity index (χ1n) is 8.58. The highest BCUT2D eigenvalue weighted by atomic mass is 35.5. The molecule has 0 radical (unpaired) electrons. The van der Waals surface area contributed by atoms with Crippen molar-refractivity contribution < 1.29 is 5.11 Å². The zero-order valence-corrected chi connectivity index (χ0v) is 16.4. The molecule has 1 aliphatic carbocycles. The van der Waals surface area contributed by atoms with Crippen molar-refractivity contribution in [2.75, 3.05) is 32.7 Å². The minimum Gasteiger partial charge on any atom is -0.389 e. The van der Waals surface area contributed by atoms with Gasteiger partial charge in [0, 0.05) is 43.7 Å². The van der Waals surface area contributed by atoms with Gasteiger partial charge in [0.25, 0.3) is 0 Å². The van der Waals surface area contributed by atoms with E-state index in [0.29, 0.717) is 0 Å². The summed E-state index contributed by atoms with van der Waals surface area (Å²) in [6, 6.07) is 8.10. The highest BCUT2D eigenvalue weighted by Crippen LogP contribution is 2.40. The number of nitrogens with one attached hydrogen (secondary N) is 1. The number of halogens is 3. The van der Waals surface area contributed by atoms with Gasteiger partial charge in [0.2, 0.25) is 0 Å². The fraction of sp³-hybridized carbons (Fsp3) is 0.667. The van der Waals surface area contributed by atoms with E-state index in [4.69, 9.17) is 11.6 Å². The van der Waals surface area contributed by atoms with Crippen LogP contribution in [0.15, 0.2) is 24.3 Å². The maximum Gasteiger partial charge on any atom is 0.0728 e. The van der Waals surface area contributed by atoms with E-state index in [2.05, 4.69) is 22.3 Å². The molecule has 1 heterocycles. The first kappa shape index (κ1) is 22.0. The lowest BCUT2D eigenvalue weighted by Gasteiger charge is -2.42. The van der Waals surface area contributed by atoms with E-state index in [1.54, 1.807) is 0 Å². The predicted molar refractivity (Wildman–Crippen MR) is 106 cm³/mol. The summed E-state index contributed by atoms with van der Waals surface area (Å²) in [5, 5.41) is 15.5. The average molecular weight is 396 g/mol. The van der Waals surface area contributed by atoms with Gasteiger partial charge in [-0.15, -0.1) is 24.8 Å². The normalized spacial score (nSPS) is 22.1. The standard InChI is InChI=1S/C18H27ClN2O.2ClH/c19-16-6-4-15(5-7-16)17(14-21-12-10-20-11-13-21)18(22)8-2-1-3-9-18;;/h4-7,17,20,22H,1-3,8-14H2;2*1H. The van der Waals surface area contributed by atoms with Crippen LogP contribution in [0.3, 0.4) is 0 Å². The number of nitrogens with zero attached hydrogens (tertiary/aromatic N) is 1. The molecule has 1 aromatic carbocycles. The van der Waals surface area contributed by atoms with Gasteiger partial charge in [-0.2, -0.15) is 0 Å². The smallest absolute Gasteiger partial charge is 0.0728 e. The highest BCUT2D eigenvalue weighted by Gasteiger charge is 2.39. The van der Waals surface area contributed by atoms with Crippen LogP contribution in [0.4, 0.5) is 0 Å². The summed E-state index contributed by atoms with van der Waals surface area (Å²) in [4.78, 5) is 2.49. The Hall–Kier alpha value is -0.0300. The van der Waals surface area contributed by atoms with Crippen molar-refractivity contribution in [3.8, 4) is 0 Å². The van der Waals surface area contributed by atoms with Gasteiger partial charge in [-0.25, -0.2) is 0 Å². The number of hydrogen-bond acceptors (Lipinski definition) is 3. The van der Waals surface area contributed by atoms with E-state index in [9.17, 15) is 5.11 Å². The Morgan fingerprint density at radius 1 is 1.04 bits per heavy atom. The van der Waals surface area contributed by atoms with Crippen LogP contribution < -0.4 is 5.32 Å². The van der Waals surface area contributed by atoms with Crippen molar-refractivity contribution in [1.82, 2.24) is 10.2 Å². The highest BCUT2D eigenvalue weighted by molar-refractivity contribution is 6.30. The third kappa shape index (κ3) is 5.48. The molecule has 0 amide bonds. The molecular formula is C18H29Cl3N2O. The fourth-order valence-corrected chi connectivity index (χ4v) is 4.07. The quantitative estimate of drug-likeness (QED) is 0.812. The Labute approximate surface area is 163 Å². The molecule has 2 N–H and O–H groups in total. The maximum absolute atomic E-state index is 11.3. The molecule has 2 aliphatic rings. The van der Waals surface area contributed by atoms with Crippen molar-refractivity contribution in [1.29, 1.82) is 0 Å². The van der Waals surface area contributed by atoms with Gasteiger partial charge >= 0.3 is 0 Å². The van der Waals surface area contributed by atoms with Crippen LogP contribution in [0.2, 0.25) is 5.02 Å². The number of benzene rings is 1. The van der Waals surface area contributed by atoms with Crippen LogP contribution in [0.25, 0.3) is 0 Å². The lowest BCUT2D eigenvalue weighted by molar-refractivity contribution is -0.0316. The number of piperazine rings is 1. The summed E-state index contributed by atoms with van der Waals surface area (Å²) in [6.45, 7) is 5.18. The van der Waals surface area contributed by atoms with Gasteiger partial charge < -0.3 is 15.3 Å². The Morgan fingerprint density at radius 3 is 2.21 bits per heavy atom. The van der Waals surface area contributed by atoms with Crippen LogP contribution in [0.1, 0.15) is 43.6 Å². The van der Waals surface area contributed by atoms with Crippen LogP contribution >= 0.6 is 36.4 Å². The van der Waals surface area contributed by atoms with Gasteiger partial charge in [-0.3, -0.25) is 0 Å². The van der Waals surface area contributed by atoms with E-state index in [1.807, 2.05) is 12.1 Å². The molecule has 1 saturated heterocycles. The molecule has 1 aliphatic heterocycles. The molecule has 1 aromatic rings. The van der Waals surface area contributed by atoms with E-state index in [1.165, 1.54) is 12.0 Å². The molecule has 1 atom stereocenters. The second kappa shape index (κ2) is 10.2. The SMILES string of the molecule is Cl.Cl.OC1(C(CN2CCNCC2)c2ccc(Cl)cc2)CCCCC1. The molecule has 0 bridgehead atoms. The third-order valence-corrected chi connectivity index (χ3v) is 5.54. The third-order valence-electron chi connectivity index (χ3n) is 5.29. The largest absolute Gasteiger partial charge is 0.389 e. The maximum atomic E-state index is 11.3. The topological polar surface area (TPSA) is 35.5 Å². The van der Waals surface area contributed by atoms with Crippen molar-refractivity contribution in [3.63, 3.8) is 0 Å². The second-order valence-corrected chi connectivity index (χ2v) is 7.26. The monoisotopic (exact) mass is 394 g/mol. The fourth-order valence-electron chi connectivity index (χ4n) is 3.95. The van der Waals surface area contributed by atoms with Crippen molar-refractivity contribution in [2.24, 2.45) is 0 Å². The van der Waals surface area contributed by atoms with Crippen LogP contribution in [0, 0.1) is 0 Å². The molecule has 6 heteroatoms. The number of aliphatic hydroxyl groups is 1. The van der Waals surface area contributed by atoms with Gasteiger partial charge in [0.1, 0.15) is 0 Å². The lowest BCUT2D eigenvalue weighted by Crippen LogP contribution is -2.49. The summed E-state index contributed by atoms with van der Waals surface area (Å²) in [5.41, 5.74) is 0.670. The second-order valence-electron chi connectivity index (χ2n) is 6.82. The van der Waals surface area contributed by atoms with Gasteiger partial charge in [0.15, 0.2) is 0 Å². The van der Waals surface area contributed by atoms with Crippen LogP contribution in [-0.4, -0.2) is 48.3 Å².